The Kier molecular flexibility index (Phi) is 7.24. The number of benzene rings is 2. The number of nitrogens with one attached hydrogen (secondary N) is 1. The molecule has 0 aliphatic rings. The van der Waals surface area contributed by atoms with Gasteiger partial charge in [0.25, 0.3) is 5.56 Å². The standard InChI is InChI=1S/C28H28ClFN6O3/c1-5-34-24(15-39-14-18-9-7-6-8-10-18)33-36(28(34)38)23-12-19-20(11-22(23)30)27(37)35(13-21(19)16(2)3)25-17(4)31-32-26(25)29/h6-13,16H,5,14-15H2,1-4H3,(H,31,32). The molecule has 3 heterocycles. The van der Waals surface area contributed by atoms with E-state index in [-0.39, 0.29) is 28.8 Å². The van der Waals surface area contributed by atoms with Crippen LogP contribution in [0.4, 0.5) is 4.39 Å². The Morgan fingerprint density at radius 1 is 1.10 bits per heavy atom. The molecule has 0 unspecified atom stereocenters. The van der Waals surface area contributed by atoms with Gasteiger partial charge in [-0.2, -0.15) is 9.78 Å². The van der Waals surface area contributed by atoms with Crippen molar-refractivity contribution in [3.05, 3.63) is 103 Å². The molecule has 1 N–H and O–H groups in total. The summed E-state index contributed by atoms with van der Waals surface area (Å²) in [7, 11) is 0. The van der Waals surface area contributed by atoms with E-state index in [9.17, 15) is 9.59 Å². The number of H-pyrrole nitrogens is 1. The zero-order chi connectivity index (χ0) is 27.8. The number of fused-ring (bicyclic) bond motifs is 1. The minimum absolute atomic E-state index is 0.0319. The molecule has 9 nitrogen and oxygen atoms in total. The highest BCUT2D eigenvalue weighted by Crippen LogP contribution is 2.29. The molecular weight excluding hydrogens is 523 g/mol. The van der Waals surface area contributed by atoms with E-state index in [1.165, 1.54) is 15.2 Å². The lowest BCUT2D eigenvalue weighted by molar-refractivity contribution is 0.0989. The van der Waals surface area contributed by atoms with Crippen LogP contribution in [0.1, 0.15) is 49.3 Å². The van der Waals surface area contributed by atoms with Gasteiger partial charge in [0.1, 0.15) is 29.0 Å². The molecule has 0 saturated carbocycles. The molecule has 2 aromatic carbocycles. The first-order valence-electron chi connectivity index (χ1n) is 12.6. The first kappa shape index (κ1) is 26.6. The van der Waals surface area contributed by atoms with Crippen LogP contribution < -0.4 is 11.2 Å². The number of aromatic nitrogens is 6. The van der Waals surface area contributed by atoms with E-state index < -0.39 is 17.1 Å². The van der Waals surface area contributed by atoms with E-state index in [2.05, 4.69) is 15.3 Å². The van der Waals surface area contributed by atoms with Crippen LogP contribution in [-0.4, -0.2) is 29.1 Å². The maximum Gasteiger partial charge on any atom is 0.350 e. The SMILES string of the molecule is CCn1c(COCc2ccccc2)nn(-c2cc3c(C(C)C)cn(-c4c(C)n[nH]c4Cl)c(=O)c3cc2F)c1=O. The van der Waals surface area contributed by atoms with Crippen molar-refractivity contribution in [2.45, 2.75) is 53.4 Å². The maximum absolute atomic E-state index is 15.6. The molecule has 0 spiro atoms. The first-order valence-corrected chi connectivity index (χ1v) is 13.0. The summed E-state index contributed by atoms with van der Waals surface area (Å²) in [6.07, 6.45) is 1.69. The molecule has 5 aromatic rings. The van der Waals surface area contributed by atoms with Crippen molar-refractivity contribution in [2.24, 2.45) is 0 Å². The lowest BCUT2D eigenvalue weighted by Crippen LogP contribution is -2.25. The van der Waals surface area contributed by atoms with Crippen molar-refractivity contribution >= 4 is 22.4 Å². The van der Waals surface area contributed by atoms with E-state index in [1.807, 2.05) is 51.1 Å². The van der Waals surface area contributed by atoms with Gasteiger partial charge in [-0.3, -0.25) is 19.0 Å². The Bertz CT molecular complexity index is 1770. The van der Waals surface area contributed by atoms with Gasteiger partial charge in [-0.05, 0) is 48.4 Å². The predicted molar refractivity (Wildman–Crippen MR) is 147 cm³/mol. The normalized spacial score (nSPS) is 11.7. The number of ether oxygens (including phenoxy) is 1. The number of aromatic amines is 1. The van der Waals surface area contributed by atoms with Gasteiger partial charge in [0.2, 0.25) is 0 Å². The largest absolute Gasteiger partial charge is 0.369 e. The van der Waals surface area contributed by atoms with Crippen LogP contribution >= 0.6 is 11.6 Å². The third-order valence-corrected chi connectivity index (χ3v) is 6.94. The average Bonchev–Trinajstić information content (AvgIpc) is 3.42. The number of rotatable bonds is 8. The second-order valence-electron chi connectivity index (χ2n) is 9.57. The summed E-state index contributed by atoms with van der Waals surface area (Å²) in [5.74, 6) is -0.403. The minimum Gasteiger partial charge on any atom is -0.369 e. The molecule has 0 radical (unpaired) electrons. The third kappa shape index (κ3) is 4.81. The van der Waals surface area contributed by atoms with E-state index in [0.29, 0.717) is 35.7 Å². The highest BCUT2D eigenvalue weighted by atomic mass is 35.5. The monoisotopic (exact) mass is 550 g/mol. The summed E-state index contributed by atoms with van der Waals surface area (Å²) in [4.78, 5) is 26.8. The molecule has 202 valence electrons. The lowest BCUT2D eigenvalue weighted by Gasteiger charge is -2.16. The Balaban J connectivity index is 1.61. The van der Waals surface area contributed by atoms with E-state index >= 15 is 4.39 Å². The number of pyridine rings is 1. The quantitative estimate of drug-likeness (QED) is 0.292. The molecule has 0 aliphatic heterocycles. The molecule has 0 atom stereocenters. The molecule has 0 saturated heterocycles. The van der Waals surface area contributed by atoms with Crippen molar-refractivity contribution in [1.29, 1.82) is 0 Å². The van der Waals surface area contributed by atoms with Crippen molar-refractivity contribution in [2.75, 3.05) is 0 Å². The fourth-order valence-electron chi connectivity index (χ4n) is 4.69. The number of hydrogen-bond donors (Lipinski definition) is 1. The van der Waals surface area contributed by atoms with Crippen LogP contribution in [0.15, 0.2) is 58.3 Å². The second-order valence-corrected chi connectivity index (χ2v) is 9.95. The van der Waals surface area contributed by atoms with Crippen LogP contribution in [0.5, 0.6) is 0 Å². The topological polar surface area (TPSA) is 99.7 Å². The highest BCUT2D eigenvalue weighted by molar-refractivity contribution is 6.31. The van der Waals surface area contributed by atoms with Gasteiger partial charge < -0.3 is 4.74 Å². The molecule has 5 rings (SSSR count). The molecule has 0 aliphatic carbocycles. The average molecular weight is 551 g/mol. The lowest BCUT2D eigenvalue weighted by atomic mass is 9.97. The van der Waals surface area contributed by atoms with Crippen LogP contribution in [0, 0.1) is 12.7 Å². The van der Waals surface area contributed by atoms with Crippen LogP contribution in [0.3, 0.4) is 0 Å². The predicted octanol–water partition coefficient (Wildman–Crippen LogP) is 5.02. The van der Waals surface area contributed by atoms with Gasteiger partial charge >= 0.3 is 5.69 Å². The Labute approximate surface area is 228 Å². The van der Waals surface area contributed by atoms with E-state index in [0.717, 1.165) is 21.9 Å². The number of nitrogens with zero attached hydrogens (tertiary/aromatic N) is 5. The summed E-state index contributed by atoms with van der Waals surface area (Å²) >= 11 is 6.28. The molecule has 11 heteroatoms. The van der Waals surface area contributed by atoms with E-state index in [4.69, 9.17) is 16.3 Å². The van der Waals surface area contributed by atoms with Crippen molar-refractivity contribution in [3.8, 4) is 11.4 Å². The third-order valence-electron chi connectivity index (χ3n) is 6.68. The first-order chi connectivity index (χ1) is 18.7. The summed E-state index contributed by atoms with van der Waals surface area (Å²) in [5, 5.41) is 12.1. The summed E-state index contributed by atoms with van der Waals surface area (Å²) in [6, 6.07) is 12.3. The molecule has 0 amide bonds. The number of aryl methyl sites for hydroxylation is 1. The van der Waals surface area contributed by atoms with Crippen LogP contribution in [-0.2, 0) is 24.5 Å². The summed E-state index contributed by atoms with van der Waals surface area (Å²) < 4.78 is 25.3. The fraction of sp³-hybridized carbons (Fsp3) is 0.286. The molecule has 3 aromatic heterocycles. The zero-order valence-electron chi connectivity index (χ0n) is 22.0. The molecule has 39 heavy (non-hydrogen) atoms. The number of hydrogen-bond acceptors (Lipinski definition) is 5. The smallest absolute Gasteiger partial charge is 0.350 e. The van der Waals surface area contributed by atoms with Gasteiger partial charge in [0.05, 0.1) is 17.7 Å². The van der Waals surface area contributed by atoms with E-state index in [1.54, 1.807) is 13.1 Å². The minimum atomic E-state index is -0.748. The van der Waals surface area contributed by atoms with Gasteiger partial charge in [-0.15, -0.1) is 5.10 Å². The molecule has 0 bridgehead atoms. The number of halogens is 2. The Morgan fingerprint density at radius 2 is 1.85 bits per heavy atom. The molecule has 0 fully saturated rings. The van der Waals surface area contributed by atoms with Gasteiger partial charge in [-0.25, -0.2) is 9.18 Å². The van der Waals surface area contributed by atoms with Crippen LogP contribution in [0.2, 0.25) is 5.15 Å². The van der Waals surface area contributed by atoms with Crippen molar-refractivity contribution in [3.63, 3.8) is 0 Å². The second kappa shape index (κ2) is 10.6. The maximum atomic E-state index is 15.6. The van der Waals surface area contributed by atoms with Crippen LogP contribution in [0.25, 0.3) is 22.1 Å². The Morgan fingerprint density at radius 3 is 2.49 bits per heavy atom. The Hall–Kier alpha value is -4.02. The van der Waals surface area contributed by atoms with Crippen molar-refractivity contribution < 1.29 is 9.13 Å². The highest BCUT2D eigenvalue weighted by Gasteiger charge is 2.22. The van der Waals surface area contributed by atoms with Gasteiger partial charge in [0.15, 0.2) is 5.82 Å². The van der Waals surface area contributed by atoms with Gasteiger partial charge in [-0.1, -0.05) is 55.8 Å². The summed E-state index contributed by atoms with van der Waals surface area (Å²) in [6.45, 7) is 8.24. The fourth-order valence-corrected chi connectivity index (χ4v) is 4.96. The van der Waals surface area contributed by atoms with Gasteiger partial charge in [0, 0.05) is 12.7 Å². The summed E-state index contributed by atoms with van der Waals surface area (Å²) in [5.41, 5.74) is 1.72. The zero-order valence-corrected chi connectivity index (χ0v) is 22.8. The molecular formula is C28H28ClFN6O3. The van der Waals surface area contributed by atoms with Crippen molar-refractivity contribution in [1.82, 2.24) is 29.1 Å².